The van der Waals surface area contributed by atoms with Gasteiger partial charge in [-0.2, -0.15) is 4.31 Å². The summed E-state index contributed by atoms with van der Waals surface area (Å²) in [4.78, 5) is 11.4. The molecule has 122 valence electrons. The largest absolute Gasteiger partial charge is 0.482 e. The molecule has 1 amide bonds. The Morgan fingerprint density at radius 1 is 1.35 bits per heavy atom. The Hall–Kier alpha value is -2.39. The molecule has 1 N–H and O–H groups in total. The molecule has 2 heterocycles. The molecule has 1 aliphatic heterocycles. The molecule has 1 aliphatic rings. The number of nitrogens with one attached hydrogen (secondary N) is 1. The van der Waals surface area contributed by atoms with Crippen molar-refractivity contribution in [3.8, 4) is 5.75 Å². The molecule has 2 aromatic rings. The zero-order chi connectivity index (χ0) is 16.6. The number of hydrogen-bond donors (Lipinski definition) is 1. The van der Waals surface area contributed by atoms with Crippen LogP contribution in [0.2, 0.25) is 0 Å². The molecule has 0 atom stereocenters. The predicted molar refractivity (Wildman–Crippen MR) is 80.5 cm³/mol. The minimum atomic E-state index is -3.73. The lowest BCUT2D eigenvalue weighted by molar-refractivity contribution is -0.118. The maximum atomic E-state index is 12.6. The lowest BCUT2D eigenvalue weighted by Crippen LogP contribution is -2.28. The first-order chi connectivity index (χ1) is 10.9. The molecular weight excluding hydrogens is 322 g/mol. The fourth-order valence-corrected chi connectivity index (χ4v) is 3.38. The third-order valence-corrected chi connectivity index (χ3v) is 5.15. The minimum absolute atomic E-state index is 0.0600. The van der Waals surface area contributed by atoms with E-state index in [4.69, 9.17) is 9.26 Å². The van der Waals surface area contributed by atoms with Crippen molar-refractivity contribution in [3.05, 3.63) is 35.7 Å². The topological polar surface area (TPSA) is 102 Å². The van der Waals surface area contributed by atoms with Crippen molar-refractivity contribution in [3.63, 3.8) is 0 Å². The third kappa shape index (κ3) is 3.06. The average Bonchev–Trinajstić information content (AvgIpc) is 2.91. The fourth-order valence-electron chi connectivity index (χ4n) is 2.21. The highest BCUT2D eigenvalue weighted by Gasteiger charge is 2.25. The number of anilines is 1. The Labute approximate surface area is 133 Å². The Bertz CT molecular complexity index is 859. The molecular formula is C14H15N3O5S. The second kappa shape index (κ2) is 5.67. The van der Waals surface area contributed by atoms with Gasteiger partial charge in [0.1, 0.15) is 11.5 Å². The van der Waals surface area contributed by atoms with E-state index in [1.807, 2.05) is 0 Å². The van der Waals surface area contributed by atoms with E-state index < -0.39 is 10.0 Å². The summed E-state index contributed by atoms with van der Waals surface area (Å²) in [5.41, 5.74) is 0.858. The number of benzene rings is 1. The Morgan fingerprint density at radius 2 is 2.13 bits per heavy atom. The van der Waals surface area contributed by atoms with Crippen LogP contribution in [0.3, 0.4) is 0 Å². The number of hydrogen-bond acceptors (Lipinski definition) is 6. The van der Waals surface area contributed by atoms with E-state index in [0.717, 1.165) is 4.31 Å². The zero-order valence-corrected chi connectivity index (χ0v) is 13.4. The quantitative estimate of drug-likeness (QED) is 0.897. The van der Waals surface area contributed by atoms with Crippen LogP contribution >= 0.6 is 0 Å². The van der Waals surface area contributed by atoms with Crippen LogP contribution in [0.15, 0.2) is 33.7 Å². The Balaban J connectivity index is 1.87. The van der Waals surface area contributed by atoms with E-state index >= 15 is 0 Å². The fraction of sp³-hybridized carbons (Fsp3) is 0.286. The number of aryl methyl sites for hydroxylation is 1. The normalized spacial score (nSPS) is 14.3. The van der Waals surface area contributed by atoms with Gasteiger partial charge < -0.3 is 14.6 Å². The van der Waals surface area contributed by atoms with Gasteiger partial charge in [0.05, 0.1) is 22.8 Å². The Kier molecular flexibility index (Phi) is 3.82. The van der Waals surface area contributed by atoms with Crippen LogP contribution in [0.1, 0.15) is 11.5 Å². The van der Waals surface area contributed by atoms with E-state index in [1.165, 1.54) is 25.2 Å². The number of sulfonamides is 1. The first-order valence-electron chi connectivity index (χ1n) is 6.81. The summed E-state index contributed by atoms with van der Waals surface area (Å²) < 4.78 is 36.6. The molecule has 0 saturated carbocycles. The summed E-state index contributed by atoms with van der Waals surface area (Å²) in [6.07, 6.45) is 0. The van der Waals surface area contributed by atoms with Gasteiger partial charge >= 0.3 is 0 Å². The molecule has 0 bridgehead atoms. The van der Waals surface area contributed by atoms with Gasteiger partial charge in [-0.3, -0.25) is 4.79 Å². The summed E-state index contributed by atoms with van der Waals surface area (Å²) in [7, 11) is -2.28. The Morgan fingerprint density at radius 3 is 2.83 bits per heavy atom. The number of carbonyl (C=O) groups excluding carboxylic acids is 1. The number of rotatable bonds is 4. The molecule has 8 nitrogen and oxygen atoms in total. The molecule has 9 heteroatoms. The maximum Gasteiger partial charge on any atom is 0.262 e. The monoisotopic (exact) mass is 337 g/mol. The number of ether oxygens (including phenoxy) is 1. The summed E-state index contributed by atoms with van der Waals surface area (Å²) in [6, 6.07) is 6.02. The van der Waals surface area contributed by atoms with Crippen LogP contribution in [0, 0.1) is 6.92 Å². The number of amides is 1. The number of nitrogens with zero attached hydrogens (tertiary/aromatic N) is 2. The molecule has 0 saturated heterocycles. The van der Waals surface area contributed by atoms with Crippen LogP contribution in [-0.4, -0.2) is 37.4 Å². The summed E-state index contributed by atoms with van der Waals surface area (Å²) in [6.45, 7) is 1.74. The van der Waals surface area contributed by atoms with Gasteiger partial charge in [-0.05, 0) is 25.1 Å². The molecule has 0 spiro atoms. The van der Waals surface area contributed by atoms with E-state index in [9.17, 15) is 13.2 Å². The minimum Gasteiger partial charge on any atom is -0.482 e. The van der Waals surface area contributed by atoms with Gasteiger partial charge in [-0.15, -0.1) is 0 Å². The van der Waals surface area contributed by atoms with Crippen molar-refractivity contribution in [2.24, 2.45) is 0 Å². The summed E-state index contributed by atoms with van der Waals surface area (Å²) in [5, 5.41) is 6.38. The highest BCUT2D eigenvalue weighted by molar-refractivity contribution is 7.89. The maximum absolute atomic E-state index is 12.6. The molecule has 1 aromatic heterocycles. The van der Waals surface area contributed by atoms with Crippen LogP contribution in [-0.2, 0) is 21.4 Å². The van der Waals surface area contributed by atoms with Crippen LogP contribution in [0.5, 0.6) is 5.75 Å². The smallest absolute Gasteiger partial charge is 0.262 e. The standard InChI is InChI=1S/C14H15N3O5S/c1-9-5-10(16-22-9)7-17(2)23(19,20)11-3-4-13-12(6-11)15-14(18)8-21-13/h3-6H,7-8H2,1-2H3,(H,15,18). The van der Waals surface area contributed by atoms with Crippen molar-refractivity contribution in [2.75, 3.05) is 19.0 Å². The zero-order valence-electron chi connectivity index (χ0n) is 12.6. The molecule has 3 rings (SSSR count). The molecule has 23 heavy (non-hydrogen) atoms. The molecule has 1 aromatic carbocycles. The number of carbonyl (C=O) groups is 1. The van der Waals surface area contributed by atoms with E-state index in [0.29, 0.717) is 22.9 Å². The van der Waals surface area contributed by atoms with E-state index in [2.05, 4.69) is 10.5 Å². The first-order valence-corrected chi connectivity index (χ1v) is 8.25. The van der Waals surface area contributed by atoms with Crippen molar-refractivity contribution >= 4 is 21.6 Å². The highest BCUT2D eigenvalue weighted by atomic mass is 32.2. The highest BCUT2D eigenvalue weighted by Crippen LogP contribution is 2.31. The lowest BCUT2D eigenvalue weighted by Gasteiger charge is -2.20. The van der Waals surface area contributed by atoms with E-state index in [1.54, 1.807) is 13.0 Å². The SMILES string of the molecule is Cc1cc(CN(C)S(=O)(=O)c2ccc3c(c2)NC(=O)CO3)no1. The van der Waals surface area contributed by atoms with Crippen molar-refractivity contribution < 1.29 is 22.5 Å². The molecule has 0 unspecified atom stereocenters. The van der Waals surface area contributed by atoms with Gasteiger partial charge in [-0.1, -0.05) is 5.16 Å². The van der Waals surface area contributed by atoms with E-state index in [-0.39, 0.29) is 24.0 Å². The molecule has 0 aliphatic carbocycles. The van der Waals surface area contributed by atoms with Crippen molar-refractivity contribution in [2.45, 2.75) is 18.4 Å². The second-order valence-corrected chi connectivity index (χ2v) is 7.23. The lowest BCUT2D eigenvalue weighted by atomic mass is 10.2. The van der Waals surface area contributed by atoms with Gasteiger partial charge in [0.15, 0.2) is 6.61 Å². The van der Waals surface area contributed by atoms with Gasteiger partial charge in [0, 0.05) is 13.1 Å². The molecule has 0 radical (unpaired) electrons. The summed E-state index contributed by atoms with van der Waals surface area (Å²) >= 11 is 0. The summed E-state index contributed by atoms with van der Waals surface area (Å²) in [5.74, 6) is 0.733. The second-order valence-electron chi connectivity index (χ2n) is 5.18. The van der Waals surface area contributed by atoms with Crippen molar-refractivity contribution in [1.82, 2.24) is 9.46 Å². The van der Waals surface area contributed by atoms with Crippen LogP contribution < -0.4 is 10.1 Å². The predicted octanol–water partition coefficient (Wildman–Crippen LogP) is 1.13. The van der Waals surface area contributed by atoms with Gasteiger partial charge in [-0.25, -0.2) is 8.42 Å². The van der Waals surface area contributed by atoms with Gasteiger partial charge in [0.2, 0.25) is 10.0 Å². The first kappa shape index (κ1) is 15.5. The van der Waals surface area contributed by atoms with Crippen LogP contribution in [0.4, 0.5) is 5.69 Å². The van der Waals surface area contributed by atoms with Crippen molar-refractivity contribution in [1.29, 1.82) is 0 Å². The number of fused-ring (bicyclic) bond motifs is 1. The molecule has 0 fully saturated rings. The number of aromatic nitrogens is 1. The average molecular weight is 337 g/mol. The van der Waals surface area contributed by atoms with Gasteiger partial charge in [0.25, 0.3) is 5.91 Å². The van der Waals surface area contributed by atoms with Crippen LogP contribution in [0.25, 0.3) is 0 Å². The third-order valence-electron chi connectivity index (χ3n) is 3.35.